The summed E-state index contributed by atoms with van der Waals surface area (Å²) in [4.78, 5) is 42.0. The minimum absolute atomic E-state index is 0.0255. The molecule has 4 heterocycles. The third-order valence-corrected chi connectivity index (χ3v) is 8.22. The molecule has 1 amide bonds. The Morgan fingerprint density at radius 2 is 1.76 bits per heavy atom. The fourth-order valence-corrected chi connectivity index (χ4v) is 4.59. The van der Waals surface area contributed by atoms with Gasteiger partial charge in [0.15, 0.2) is 0 Å². The fraction of sp³-hybridized carbons (Fsp3) is 0.417. The van der Waals surface area contributed by atoms with E-state index in [1.54, 1.807) is 6.20 Å². The first kappa shape index (κ1) is 25.7. The summed E-state index contributed by atoms with van der Waals surface area (Å²) < 4.78 is 0. The van der Waals surface area contributed by atoms with Crippen LogP contribution in [0.5, 0.6) is 0 Å². The van der Waals surface area contributed by atoms with Crippen molar-refractivity contribution in [3.8, 4) is 0 Å². The van der Waals surface area contributed by atoms with Crippen molar-refractivity contribution in [3.05, 3.63) is 63.8 Å². The van der Waals surface area contributed by atoms with Crippen LogP contribution >= 0.6 is 0 Å². The van der Waals surface area contributed by atoms with Gasteiger partial charge in [-0.25, -0.2) is 4.98 Å². The summed E-state index contributed by atoms with van der Waals surface area (Å²) in [5.41, 5.74) is 5.14. The van der Waals surface area contributed by atoms with Crippen LogP contribution in [-0.4, -0.2) is 96.5 Å². The molecule has 37 heavy (non-hydrogen) atoms. The molecule has 0 spiro atoms. The maximum absolute atomic E-state index is 12.7. The molecule has 186 valence electrons. The molecule has 0 radical (unpaired) electrons. The molecule has 1 aliphatic heterocycles. The van der Waals surface area contributed by atoms with Gasteiger partial charge >= 0.3 is 0 Å². The van der Waals surface area contributed by atoms with Crippen molar-refractivity contribution in [2.45, 2.75) is 35.8 Å². The summed E-state index contributed by atoms with van der Waals surface area (Å²) in [6.45, 7) is 4.39. The lowest BCUT2D eigenvalue weighted by Crippen LogP contribution is -2.59. The maximum atomic E-state index is 12.7. The molecule has 3 aromatic heterocycles. The zero-order chi connectivity index (χ0) is 26.4. The number of hydrogen-bond donors (Lipinski definition) is 2. The van der Waals surface area contributed by atoms with E-state index in [4.69, 9.17) is 0 Å². The molecule has 8 nitrogen and oxygen atoms in total. The summed E-state index contributed by atoms with van der Waals surface area (Å²) >= 11 is 0. The van der Waals surface area contributed by atoms with E-state index in [1.807, 2.05) is 40.1 Å². The van der Waals surface area contributed by atoms with Crippen molar-refractivity contribution in [2.24, 2.45) is 0 Å². The molecule has 2 aliphatic rings. The molecule has 0 aromatic carbocycles. The SMILES string of the molecule is BC(B)(B)C(B)(B)NC(=O)c1ccc(N2CCN(Cc3cnc4cc(C5CC5)c(=O)[nH]c4c3)CC2)cn1. The van der Waals surface area contributed by atoms with Gasteiger partial charge in [-0.2, -0.15) is 0 Å². The quantitative estimate of drug-likeness (QED) is 0.346. The molecule has 13 heteroatoms. The van der Waals surface area contributed by atoms with E-state index in [9.17, 15) is 9.59 Å². The first-order chi connectivity index (χ1) is 17.5. The number of nitrogens with zero attached hydrogens (tertiary/aromatic N) is 4. The van der Waals surface area contributed by atoms with Crippen LogP contribution < -0.4 is 15.8 Å². The minimum Gasteiger partial charge on any atom is -0.368 e. The second-order valence-electron chi connectivity index (χ2n) is 12.1. The standard InChI is InChI=1S/C24H33B5N6O2/c25-23(26,27)24(28,29)33-22(37)18-4-3-16(12-31-18)35-7-5-34(6-8-35)13-14-9-20-19(30-11-14)10-17(15-1-2-15)21(36)32-20/h3-4,9-12,15H,1-2,5-8,13,25-29H2,(H,32,36)(H,33,37). The van der Waals surface area contributed by atoms with E-state index >= 15 is 0 Å². The Bertz CT molecular complexity index is 1360. The van der Waals surface area contributed by atoms with Gasteiger partial charge in [-0.05, 0) is 53.9 Å². The molecule has 2 N–H and O–H groups in total. The smallest absolute Gasteiger partial charge is 0.268 e. The van der Waals surface area contributed by atoms with Gasteiger partial charge in [0.25, 0.3) is 11.5 Å². The third kappa shape index (κ3) is 5.66. The monoisotopic (exact) mass is 492 g/mol. The van der Waals surface area contributed by atoms with Crippen LogP contribution in [-0.2, 0) is 6.54 Å². The third-order valence-electron chi connectivity index (χ3n) is 8.22. The molecular weight excluding hydrogens is 458 g/mol. The number of nitrogens with one attached hydrogen (secondary N) is 2. The first-order valence-electron chi connectivity index (χ1n) is 13.3. The van der Waals surface area contributed by atoms with E-state index in [2.05, 4.69) is 59.7 Å². The number of anilines is 1. The van der Waals surface area contributed by atoms with Crippen LogP contribution in [0.25, 0.3) is 11.0 Å². The number of aromatic amines is 1. The average molecular weight is 492 g/mol. The molecule has 5 rings (SSSR count). The Kier molecular flexibility index (Phi) is 6.77. The van der Waals surface area contributed by atoms with Crippen molar-refractivity contribution < 1.29 is 4.79 Å². The number of carbonyl (C=O) groups excluding carboxylic acids is 1. The van der Waals surface area contributed by atoms with Gasteiger partial charge < -0.3 is 15.2 Å². The molecular formula is C24H33B5N6O2. The number of pyridine rings is 3. The second kappa shape index (κ2) is 9.74. The Labute approximate surface area is 222 Å². The Balaban J connectivity index is 1.17. The predicted molar refractivity (Wildman–Crippen MR) is 162 cm³/mol. The number of piperazine rings is 1. The normalized spacial score (nSPS) is 17.1. The average Bonchev–Trinajstić information content (AvgIpc) is 3.69. The van der Waals surface area contributed by atoms with Gasteiger partial charge in [0, 0.05) is 44.5 Å². The first-order valence-corrected chi connectivity index (χ1v) is 13.3. The topological polar surface area (TPSA) is 94.2 Å². The molecule has 1 saturated carbocycles. The zero-order valence-electron chi connectivity index (χ0n) is 22.6. The summed E-state index contributed by atoms with van der Waals surface area (Å²) in [6, 6.07) is 7.82. The fourth-order valence-electron chi connectivity index (χ4n) is 4.59. The van der Waals surface area contributed by atoms with E-state index in [0.29, 0.717) is 11.6 Å². The summed E-state index contributed by atoms with van der Waals surface area (Å²) in [7, 11) is 10.4. The number of aromatic nitrogens is 3. The van der Waals surface area contributed by atoms with Crippen molar-refractivity contribution in [3.63, 3.8) is 0 Å². The highest BCUT2D eigenvalue weighted by Crippen LogP contribution is 2.38. The van der Waals surface area contributed by atoms with Crippen molar-refractivity contribution in [1.29, 1.82) is 0 Å². The van der Waals surface area contributed by atoms with Crippen LogP contribution in [0.4, 0.5) is 5.69 Å². The van der Waals surface area contributed by atoms with E-state index in [-0.39, 0.29) is 21.9 Å². The van der Waals surface area contributed by atoms with Gasteiger partial charge in [0.1, 0.15) is 21.4 Å². The number of amides is 1. The van der Waals surface area contributed by atoms with Crippen molar-refractivity contribution in [2.75, 3.05) is 31.1 Å². The van der Waals surface area contributed by atoms with Gasteiger partial charge in [-0.1, -0.05) is 0 Å². The zero-order valence-corrected chi connectivity index (χ0v) is 22.6. The molecule has 0 bridgehead atoms. The van der Waals surface area contributed by atoms with Gasteiger partial charge in [-0.3, -0.25) is 19.5 Å². The molecule has 1 saturated heterocycles. The largest absolute Gasteiger partial charge is 0.368 e. The molecule has 2 fully saturated rings. The highest BCUT2D eigenvalue weighted by Gasteiger charge is 2.34. The maximum Gasteiger partial charge on any atom is 0.268 e. The minimum atomic E-state index is -0.351. The molecule has 0 unspecified atom stereocenters. The van der Waals surface area contributed by atoms with Gasteiger partial charge in [-0.15, -0.1) is 5.11 Å². The van der Waals surface area contributed by atoms with Crippen molar-refractivity contribution >= 4 is 61.9 Å². The van der Waals surface area contributed by atoms with E-state index in [1.165, 1.54) is 0 Å². The lowest BCUT2D eigenvalue weighted by molar-refractivity contribution is 0.0937. The molecule has 0 atom stereocenters. The second-order valence-corrected chi connectivity index (χ2v) is 12.1. The number of hydrogen-bond acceptors (Lipinski definition) is 6. The number of rotatable bonds is 7. The number of carbonyl (C=O) groups is 1. The number of H-pyrrole nitrogens is 1. The van der Waals surface area contributed by atoms with Crippen LogP contribution in [0.1, 0.15) is 40.4 Å². The highest BCUT2D eigenvalue weighted by molar-refractivity contribution is 6.67. The summed E-state index contributed by atoms with van der Waals surface area (Å²) in [5, 5.41) is 2.70. The Hall–Kier alpha value is -2.94. The van der Waals surface area contributed by atoms with Crippen LogP contribution in [0, 0.1) is 0 Å². The summed E-state index contributed by atoms with van der Waals surface area (Å²) in [5.74, 6) is 0.264. The van der Waals surface area contributed by atoms with Crippen LogP contribution in [0.15, 0.2) is 41.5 Å². The van der Waals surface area contributed by atoms with Crippen molar-refractivity contribution in [1.82, 2.24) is 25.2 Å². The molecule has 1 aliphatic carbocycles. The molecule has 3 aromatic rings. The predicted octanol–water partition coefficient (Wildman–Crippen LogP) is -2.86. The Morgan fingerprint density at radius 3 is 2.38 bits per heavy atom. The highest BCUT2D eigenvalue weighted by atomic mass is 16.2. The van der Waals surface area contributed by atoms with E-state index in [0.717, 1.165) is 73.4 Å². The van der Waals surface area contributed by atoms with Gasteiger partial charge in [0.05, 0.1) is 46.5 Å². The Morgan fingerprint density at radius 1 is 1.03 bits per heavy atom. The summed E-state index contributed by atoms with van der Waals surface area (Å²) in [6.07, 6.45) is 5.93. The van der Waals surface area contributed by atoms with Gasteiger partial charge in [0.2, 0.25) is 0 Å². The van der Waals surface area contributed by atoms with Crippen LogP contribution in [0.3, 0.4) is 0 Å². The van der Waals surface area contributed by atoms with E-state index < -0.39 is 0 Å². The number of fused-ring (bicyclic) bond motifs is 1. The van der Waals surface area contributed by atoms with Crippen LogP contribution in [0.2, 0.25) is 5.11 Å². The lowest BCUT2D eigenvalue weighted by Gasteiger charge is -2.40. The lowest BCUT2D eigenvalue weighted by atomic mass is 9.26.